The van der Waals surface area contributed by atoms with Gasteiger partial charge in [0.05, 0.1) is 12.5 Å². The number of carbonyl (C=O) groups excluding carboxylic acids is 1. The van der Waals surface area contributed by atoms with Gasteiger partial charge >= 0.3 is 0 Å². The van der Waals surface area contributed by atoms with E-state index in [1.807, 2.05) is 25.1 Å². The standard InChI is InChI=1S/C13H15ClN2O/c1-2-8-16(9-7-15)13(17)10-11-3-5-12(14)6-4-11/h3-6H,2,8-10H2,1H3. The van der Waals surface area contributed by atoms with Gasteiger partial charge in [0.25, 0.3) is 0 Å². The van der Waals surface area contributed by atoms with Gasteiger partial charge in [0.2, 0.25) is 5.91 Å². The van der Waals surface area contributed by atoms with Gasteiger partial charge in [-0.15, -0.1) is 0 Å². The first-order valence-corrected chi connectivity index (χ1v) is 5.94. The Morgan fingerprint density at radius 1 is 1.41 bits per heavy atom. The highest BCUT2D eigenvalue weighted by molar-refractivity contribution is 6.30. The summed E-state index contributed by atoms with van der Waals surface area (Å²) in [5.41, 5.74) is 0.915. The van der Waals surface area contributed by atoms with Crippen molar-refractivity contribution < 1.29 is 4.79 Å². The number of amides is 1. The molecule has 0 spiro atoms. The molecule has 1 aromatic carbocycles. The van der Waals surface area contributed by atoms with Gasteiger partial charge in [-0.2, -0.15) is 5.26 Å². The predicted molar refractivity (Wildman–Crippen MR) is 67.6 cm³/mol. The lowest BCUT2D eigenvalue weighted by atomic mass is 10.1. The fourth-order valence-electron chi connectivity index (χ4n) is 1.54. The Kier molecular flexibility index (Phi) is 5.51. The molecule has 0 fully saturated rings. The van der Waals surface area contributed by atoms with Crippen molar-refractivity contribution in [2.45, 2.75) is 19.8 Å². The Hall–Kier alpha value is -1.53. The summed E-state index contributed by atoms with van der Waals surface area (Å²) in [7, 11) is 0. The molecule has 0 aliphatic rings. The zero-order valence-corrected chi connectivity index (χ0v) is 10.6. The molecular weight excluding hydrogens is 236 g/mol. The number of benzene rings is 1. The highest BCUT2D eigenvalue weighted by Crippen LogP contribution is 2.10. The minimum Gasteiger partial charge on any atom is -0.329 e. The summed E-state index contributed by atoms with van der Waals surface area (Å²) >= 11 is 5.77. The van der Waals surface area contributed by atoms with Crippen molar-refractivity contribution in [3.05, 3.63) is 34.9 Å². The van der Waals surface area contributed by atoms with Crippen LogP contribution >= 0.6 is 11.6 Å². The second-order valence-corrected chi connectivity index (χ2v) is 4.21. The first kappa shape index (κ1) is 13.5. The molecule has 0 saturated carbocycles. The van der Waals surface area contributed by atoms with Crippen molar-refractivity contribution in [2.24, 2.45) is 0 Å². The van der Waals surface area contributed by atoms with Gasteiger partial charge in [0, 0.05) is 11.6 Å². The van der Waals surface area contributed by atoms with E-state index in [-0.39, 0.29) is 12.5 Å². The maximum atomic E-state index is 11.9. The minimum atomic E-state index is -0.0178. The van der Waals surface area contributed by atoms with E-state index >= 15 is 0 Å². The summed E-state index contributed by atoms with van der Waals surface area (Å²) in [6.07, 6.45) is 1.17. The van der Waals surface area contributed by atoms with Crippen LogP contribution in [-0.4, -0.2) is 23.9 Å². The minimum absolute atomic E-state index is 0.0178. The van der Waals surface area contributed by atoms with Crippen LogP contribution in [0, 0.1) is 11.3 Å². The first-order chi connectivity index (χ1) is 8.17. The molecule has 0 radical (unpaired) electrons. The molecular formula is C13H15ClN2O. The molecule has 3 nitrogen and oxygen atoms in total. The number of hydrogen-bond donors (Lipinski definition) is 0. The van der Waals surface area contributed by atoms with Gasteiger partial charge in [0.1, 0.15) is 6.54 Å². The van der Waals surface area contributed by atoms with E-state index in [9.17, 15) is 4.79 Å². The number of nitrogens with zero attached hydrogens (tertiary/aromatic N) is 2. The molecule has 0 heterocycles. The van der Waals surface area contributed by atoms with Gasteiger partial charge in [-0.3, -0.25) is 4.79 Å². The number of carbonyl (C=O) groups is 1. The molecule has 1 rings (SSSR count). The van der Waals surface area contributed by atoms with Crippen LogP contribution in [0.25, 0.3) is 0 Å². The van der Waals surface area contributed by atoms with Crippen molar-refractivity contribution >= 4 is 17.5 Å². The number of rotatable bonds is 5. The lowest BCUT2D eigenvalue weighted by Crippen LogP contribution is -2.33. The lowest BCUT2D eigenvalue weighted by Gasteiger charge is -2.18. The number of hydrogen-bond acceptors (Lipinski definition) is 2. The molecule has 0 aliphatic carbocycles. The number of halogens is 1. The fraction of sp³-hybridized carbons (Fsp3) is 0.385. The topological polar surface area (TPSA) is 44.1 Å². The van der Waals surface area contributed by atoms with Crippen molar-refractivity contribution in [3.8, 4) is 6.07 Å². The van der Waals surface area contributed by atoms with E-state index in [1.54, 1.807) is 17.0 Å². The Labute approximate surface area is 107 Å². The van der Waals surface area contributed by atoms with Crippen molar-refractivity contribution in [3.63, 3.8) is 0 Å². The van der Waals surface area contributed by atoms with Crippen molar-refractivity contribution in [1.82, 2.24) is 4.90 Å². The molecule has 0 N–H and O–H groups in total. The van der Waals surface area contributed by atoms with Gasteiger partial charge in [-0.1, -0.05) is 30.7 Å². The van der Waals surface area contributed by atoms with Crippen LogP contribution in [0.1, 0.15) is 18.9 Å². The third kappa shape index (κ3) is 4.46. The molecule has 0 unspecified atom stereocenters. The van der Waals surface area contributed by atoms with Gasteiger partial charge in [-0.25, -0.2) is 0 Å². The molecule has 0 aromatic heterocycles. The maximum Gasteiger partial charge on any atom is 0.227 e. The van der Waals surface area contributed by atoms with Crippen molar-refractivity contribution in [1.29, 1.82) is 5.26 Å². The van der Waals surface area contributed by atoms with Crippen LogP contribution in [0.4, 0.5) is 0 Å². The van der Waals surface area contributed by atoms with Crippen LogP contribution in [-0.2, 0) is 11.2 Å². The van der Waals surface area contributed by atoms with Crippen LogP contribution in [0.3, 0.4) is 0 Å². The third-order valence-corrected chi connectivity index (χ3v) is 2.63. The normalized spacial score (nSPS) is 9.71. The predicted octanol–water partition coefficient (Wildman–Crippen LogP) is 2.64. The Morgan fingerprint density at radius 2 is 2.06 bits per heavy atom. The quantitative estimate of drug-likeness (QED) is 0.754. The fourth-order valence-corrected chi connectivity index (χ4v) is 1.66. The second-order valence-electron chi connectivity index (χ2n) is 3.78. The number of nitriles is 1. The molecule has 17 heavy (non-hydrogen) atoms. The molecule has 0 aliphatic heterocycles. The Bertz CT molecular complexity index is 408. The van der Waals surface area contributed by atoms with Gasteiger partial charge < -0.3 is 4.90 Å². The smallest absolute Gasteiger partial charge is 0.227 e. The molecule has 4 heteroatoms. The second kappa shape index (κ2) is 6.93. The largest absolute Gasteiger partial charge is 0.329 e. The van der Waals surface area contributed by atoms with E-state index in [0.29, 0.717) is 18.0 Å². The SMILES string of the molecule is CCCN(CC#N)C(=O)Cc1ccc(Cl)cc1. The summed E-state index contributed by atoms with van der Waals surface area (Å²) in [6, 6.07) is 9.20. The molecule has 90 valence electrons. The average molecular weight is 251 g/mol. The highest BCUT2D eigenvalue weighted by Gasteiger charge is 2.12. The van der Waals surface area contributed by atoms with Gasteiger partial charge in [0.15, 0.2) is 0 Å². The van der Waals surface area contributed by atoms with E-state index < -0.39 is 0 Å². The molecule has 0 bridgehead atoms. The zero-order chi connectivity index (χ0) is 12.7. The van der Waals surface area contributed by atoms with E-state index in [2.05, 4.69) is 0 Å². The van der Waals surface area contributed by atoms with Gasteiger partial charge in [-0.05, 0) is 24.1 Å². The lowest BCUT2D eigenvalue weighted by molar-refractivity contribution is -0.129. The molecule has 0 saturated heterocycles. The first-order valence-electron chi connectivity index (χ1n) is 5.56. The van der Waals surface area contributed by atoms with Crippen LogP contribution in [0.15, 0.2) is 24.3 Å². The summed E-state index contributed by atoms with van der Waals surface area (Å²) in [5, 5.41) is 9.31. The highest BCUT2D eigenvalue weighted by atomic mass is 35.5. The molecule has 0 atom stereocenters. The monoisotopic (exact) mass is 250 g/mol. The van der Waals surface area contributed by atoms with Crippen LogP contribution < -0.4 is 0 Å². The summed E-state index contributed by atoms with van der Waals surface area (Å²) < 4.78 is 0. The third-order valence-electron chi connectivity index (χ3n) is 2.38. The van der Waals surface area contributed by atoms with E-state index in [1.165, 1.54) is 0 Å². The van der Waals surface area contributed by atoms with Crippen LogP contribution in [0.5, 0.6) is 0 Å². The molecule has 1 aromatic rings. The van der Waals surface area contributed by atoms with E-state index in [4.69, 9.17) is 16.9 Å². The summed E-state index contributed by atoms with van der Waals surface area (Å²) in [4.78, 5) is 13.5. The van der Waals surface area contributed by atoms with Crippen molar-refractivity contribution in [2.75, 3.05) is 13.1 Å². The summed E-state index contributed by atoms with van der Waals surface area (Å²) in [6.45, 7) is 2.76. The Morgan fingerprint density at radius 3 is 2.59 bits per heavy atom. The maximum absolute atomic E-state index is 11.9. The zero-order valence-electron chi connectivity index (χ0n) is 9.82. The summed E-state index contributed by atoms with van der Waals surface area (Å²) in [5.74, 6) is -0.0178. The van der Waals surface area contributed by atoms with E-state index in [0.717, 1.165) is 12.0 Å². The van der Waals surface area contributed by atoms with Crippen LogP contribution in [0.2, 0.25) is 5.02 Å². The molecule has 1 amide bonds. The Balaban J connectivity index is 2.63. The average Bonchev–Trinajstić information content (AvgIpc) is 2.32.